The maximum absolute atomic E-state index is 14.7. The summed E-state index contributed by atoms with van der Waals surface area (Å²) in [7, 11) is 1.64. The third kappa shape index (κ3) is 3.02. The van der Waals surface area contributed by atoms with Gasteiger partial charge in [0.05, 0.1) is 25.2 Å². The summed E-state index contributed by atoms with van der Waals surface area (Å²) in [5.74, 6) is 1.82. The van der Waals surface area contributed by atoms with Gasteiger partial charge in [0.2, 0.25) is 0 Å². The highest BCUT2D eigenvalue weighted by Crippen LogP contribution is 2.45. The van der Waals surface area contributed by atoms with Crippen molar-refractivity contribution in [1.29, 1.82) is 0 Å². The van der Waals surface area contributed by atoms with Crippen molar-refractivity contribution in [2.45, 2.75) is 25.3 Å². The molecule has 0 radical (unpaired) electrons. The first-order valence-electron chi connectivity index (χ1n) is 10.3. The fourth-order valence-electron chi connectivity index (χ4n) is 4.19. The lowest BCUT2D eigenvalue weighted by Gasteiger charge is -2.15. The Balaban J connectivity index is 1.68. The topological polar surface area (TPSA) is 70.2 Å². The van der Waals surface area contributed by atoms with Gasteiger partial charge in [-0.3, -0.25) is 9.36 Å². The van der Waals surface area contributed by atoms with Crippen LogP contribution in [0.5, 0.6) is 5.75 Å². The van der Waals surface area contributed by atoms with E-state index < -0.39 is 5.82 Å². The zero-order valence-corrected chi connectivity index (χ0v) is 18.0. The van der Waals surface area contributed by atoms with Crippen LogP contribution >= 0.6 is 11.3 Å². The van der Waals surface area contributed by atoms with Crippen LogP contribution in [0.4, 0.5) is 4.39 Å². The third-order valence-corrected chi connectivity index (χ3v) is 6.93. The smallest absolute Gasteiger partial charge is 0.263 e. The molecule has 0 amide bonds. The van der Waals surface area contributed by atoms with Crippen molar-refractivity contribution in [2.24, 2.45) is 0 Å². The van der Waals surface area contributed by atoms with E-state index >= 15 is 0 Å². The number of ether oxygens (including phenoxy) is 1. The van der Waals surface area contributed by atoms with Crippen LogP contribution in [0.1, 0.15) is 30.1 Å². The number of hydrogen-bond donors (Lipinski definition) is 0. The molecule has 0 spiro atoms. The van der Waals surface area contributed by atoms with Gasteiger partial charge in [-0.05, 0) is 54.7 Å². The number of hydrogen-bond acceptors (Lipinski definition) is 6. The van der Waals surface area contributed by atoms with E-state index in [4.69, 9.17) is 14.1 Å². The van der Waals surface area contributed by atoms with Gasteiger partial charge in [-0.25, -0.2) is 14.4 Å². The van der Waals surface area contributed by atoms with E-state index in [0.29, 0.717) is 37.8 Å². The van der Waals surface area contributed by atoms with Gasteiger partial charge < -0.3 is 9.15 Å². The second-order valence-corrected chi connectivity index (χ2v) is 8.95. The largest absolute Gasteiger partial charge is 0.497 e. The number of halogens is 1. The van der Waals surface area contributed by atoms with Crippen molar-refractivity contribution < 1.29 is 13.5 Å². The Bertz CT molecular complexity index is 1530. The molecule has 2 aromatic carbocycles. The summed E-state index contributed by atoms with van der Waals surface area (Å²) in [6, 6.07) is 10.7. The zero-order chi connectivity index (χ0) is 21.8. The van der Waals surface area contributed by atoms with Crippen LogP contribution in [-0.4, -0.2) is 21.6 Å². The summed E-state index contributed by atoms with van der Waals surface area (Å²) < 4.78 is 27.8. The molecule has 3 aromatic heterocycles. The SMILES string of the molecule is COc1ccc(-c2nc3sc4cccc(F)c4c3c(=O)n2Cc2cnco2)c(C2CC2)c1. The van der Waals surface area contributed by atoms with E-state index in [1.54, 1.807) is 23.9 Å². The summed E-state index contributed by atoms with van der Waals surface area (Å²) in [6.45, 7) is 0.152. The van der Waals surface area contributed by atoms with Gasteiger partial charge in [0, 0.05) is 15.6 Å². The van der Waals surface area contributed by atoms with E-state index in [9.17, 15) is 9.18 Å². The molecule has 0 N–H and O–H groups in total. The average Bonchev–Trinajstić information content (AvgIpc) is 3.38. The van der Waals surface area contributed by atoms with Crippen molar-refractivity contribution in [3.63, 3.8) is 0 Å². The fourth-order valence-corrected chi connectivity index (χ4v) is 5.27. The van der Waals surface area contributed by atoms with E-state index in [2.05, 4.69) is 4.98 Å². The summed E-state index contributed by atoms with van der Waals surface area (Å²) in [5.41, 5.74) is 1.69. The van der Waals surface area contributed by atoms with Gasteiger partial charge in [0.15, 0.2) is 6.39 Å². The minimum atomic E-state index is -0.422. The van der Waals surface area contributed by atoms with E-state index in [-0.39, 0.29) is 12.1 Å². The Kier molecular flexibility index (Phi) is 4.36. The number of thiophene rings is 1. The highest BCUT2D eigenvalue weighted by Gasteiger charge is 2.29. The van der Waals surface area contributed by atoms with Crippen molar-refractivity contribution in [3.8, 4) is 17.1 Å². The number of fused-ring (bicyclic) bond motifs is 3. The molecular weight excluding hydrogens is 429 g/mol. The minimum absolute atomic E-state index is 0.152. The molecule has 1 aliphatic carbocycles. The van der Waals surface area contributed by atoms with Crippen LogP contribution in [0.15, 0.2) is 58.2 Å². The lowest BCUT2D eigenvalue weighted by Crippen LogP contribution is -2.24. The molecule has 5 aromatic rings. The lowest BCUT2D eigenvalue weighted by molar-refractivity contribution is 0.414. The van der Waals surface area contributed by atoms with Gasteiger partial charge in [-0.1, -0.05) is 6.07 Å². The quantitative estimate of drug-likeness (QED) is 0.364. The van der Waals surface area contributed by atoms with E-state index in [1.807, 2.05) is 24.3 Å². The molecule has 1 saturated carbocycles. The fraction of sp³-hybridized carbons (Fsp3) is 0.208. The standard InChI is InChI=1S/C24H18FN3O3S/c1-30-14-7-8-16(17(9-14)13-5-6-13)22-27-23-21(20-18(25)3-2-4-19(20)32-23)24(29)28(22)11-15-10-26-12-31-15/h2-4,7-10,12-13H,5-6,11H2,1H3. The van der Waals surface area contributed by atoms with Crippen LogP contribution in [0, 0.1) is 5.82 Å². The van der Waals surface area contributed by atoms with Crippen molar-refractivity contribution in [2.75, 3.05) is 7.11 Å². The molecule has 6 rings (SSSR count). The van der Waals surface area contributed by atoms with E-state index in [0.717, 1.165) is 29.7 Å². The Morgan fingerprint density at radius 3 is 2.88 bits per heavy atom. The monoisotopic (exact) mass is 447 g/mol. The van der Waals surface area contributed by atoms with Gasteiger partial charge in [-0.15, -0.1) is 11.3 Å². The Hall–Kier alpha value is -3.52. The second-order valence-electron chi connectivity index (χ2n) is 7.92. The maximum atomic E-state index is 14.7. The minimum Gasteiger partial charge on any atom is -0.497 e. The molecule has 8 heteroatoms. The predicted octanol–water partition coefficient (Wildman–Crippen LogP) is 5.34. The van der Waals surface area contributed by atoms with Gasteiger partial charge in [0.1, 0.15) is 28.0 Å². The normalized spacial score (nSPS) is 13.8. The lowest BCUT2D eigenvalue weighted by atomic mass is 10.0. The average molecular weight is 447 g/mol. The molecule has 0 unspecified atom stereocenters. The zero-order valence-electron chi connectivity index (χ0n) is 17.2. The summed E-state index contributed by atoms with van der Waals surface area (Å²) in [4.78, 5) is 23.2. The Labute approximate surface area is 185 Å². The van der Waals surface area contributed by atoms with Crippen LogP contribution in [0.2, 0.25) is 0 Å². The molecule has 3 heterocycles. The number of methoxy groups -OCH3 is 1. The summed E-state index contributed by atoms with van der Waals surface area (Å²) in [6.07, 6.45) is 5.07. The number of rotatable bonds is 5. The van der Waals surface area contributed by atoms with Crippen LogP contribution in [0.3, 0.4) is 0 Å². The highest BCUT2D eigenvalue weighted by atomic mass is 32.1. The Morgan fingerprint density at radius 2 is 2.12 bits per heavy atom. The Morgan fingerprint density at radius 1 is 1.25 bits per heavy atom. The first-order chi connectivity index (χ1) is 15.6. The molecule has 6 nitrogen and oxygen atoms in total. The molecule has 160 valence electrons. The molecule has 0 saturated heterocycles. The van der Waals surface area contributed by atoms with Crippen LogP contribution < -0.4 is 10.3 Å². The third-order valence-electron chi connectivity index (χ3n) is 5.88. The van der Waals surface area contributed by atoms with Crippen molar-refractivity contribution in [3.05, 3.63) is 76.5 Å². The first kappa shape index (κ1) is 19.2. The first-order valence-corrected chi connectivity index (χ1v) is 11.1. The summed E-state index contributed by atoms with van der Waals surface area (Å²) in [5, 5.41) is 0.618. The second kappa shape index (κ2) is 7.27. The predicted molar refractivity (Wildman–Crippen MR) is 121 cm³/mol. The molecule has 0 atom stereocenters. The van der Waals surface area contributed by atoms with Crippen molar-refractivity contribution in [1.82, 2.24) is 14.5 Å². The van der Waals surface area contributed by atoms with Crippen LogP contribution in [0.25, 0.3) is 31.7 Å². The molecule has 0 bridgehead atoms. The molecule has 32 heavy (non-hydrogen) atoms. The molecule has 0 aliphatic heterocycles. The number of aromatic nitrogens is 3. The maximum Gasteiger partial charge on any atom is 0.263 e. The van der Waals surface area contributed by atoms with E-state index in [1.165, 1.54) is 23.8 Å². The molecule has 1 fully saturated rings. The molecule has 1 aliphatic rings. The number of benzene rings is 2. The highest BCUT2D eigenvalue weighted by molar-refractivity contribution is 7.25. The molecular formula is C24H18FN3O3S. The van der Waals surface area contributed by atoms with Crippen LogP contribution in [-0.2, 0) is 6.54 Å². The van der Waals surface area contributed by atoms with Crippen molar-refractivity contribution >= 4 is 31.6 Å². The van der Waals surface area contributed by atoms with Gasteiger partial charge in [0.25, 0.3) is 5.56 Å². The summed E-state index contributed by atoms with van der Waals surface area (Å²) >= 11 is 1.33. The number of oxazole rings is 1. The van der Waals surface area contributed by atoms with Gasteiger partial charge in [-0.2, -0.15) is 0 Å². The van der Waals surface area contributed by atoms with Gasteiger partial charge >= 0.3 is 0 Å². The number of nitrogens with zero attached hydrogens (tertiary/aromatic N) is 3.